The van der Waals surface area contributed by atoms with E-state index in [2.05, 4.69) is 25.8 Å². The topological polar surface area (TPSA) is 40.5 Å². The van der Waals surface area contributed by atoms with Crippen LogP contribution in [0.4, 0.5) is 0 Å². The monoisotopic (exact) mass is 261 g/mol. The maximum absolute atomic E-state index is 10.8. The predicted molar refractivity (Wildman–Crippen MR) is 76.3 cm³/mol. The Hall–Kier alpha value is -1.35. The number of hydrogen-bond donors (Lipinski definition) is 1. The minimum Gasteiger partial charge on any atom is -0.478 e. The van der Waals surface area contributed by atoms with Crippen LogP contribution < -0.4 is 0 Å². The summed E-state index contributed by atoms with van der Waals surface area (Å²) in [6.07, 6.45) is 3.86. The van der Waals surface area contributed by atoms with Crippen molar-refractivity contribution in [2.24, 2.45) is 5.41 Å². The van der Waals surface area contributed by atoms with E-state index in [1.807, 2.05) is 12.1 Å². The molecule has 1 fully saturated rings. The summed E-state index contributed by atoms with van der Waals surface area (Å²) in [4.78, 5) is 13.2. The van der Waals surface area contributed by atoms with Crippen LogP contribution in [0.15, 0.2) is 24.3 Å². The number of aromatic carboxylic acids is 1. The average Bonchev–Trinajstić information content (AvgIpc) is 2.69. The molecule has 2 rings (SSSR count). The van der Waals surface area contributed by atoms with Crippen molar-refractivity contribution in [3.8, 4) is 0 Å². The third-order valence-electron chi connectivity index (χ3n) is 4.37. The van der Waals surface area contributed by atoms with Crippen molar-refractivity contribution in [1.29, 1.82) is 0 Å². The number of nitrogens with zero attached hydrogens (tertiary/aromatic N) is 1. The standard InChI is InChI=1S/C16H23NO2/c1-16(2)10-4-5-14(16)17(3)11-12-6-8-13(9-7-12)15(18)19/h6-9,14H,4-5,10-11H2,1-3H3,(H,18,19). The summed E-state index contributed by atoms with van der Waals surface area (Å²) in [6, 6.07) is 7.83. The van der Waals surface area contributed by atoms with Gasteiger partial charge in [0.2, 0.25) is 0 Å². The molecular formula is C16H23NO2. The predicted octanol–water partition coefficient (Wildman–Crippen LogP) is 3.40. The van der Waals surface area contributed by atoms with Gasteiger partial charge < -0.3 is 5.11 Å². The summed E-state index contributed by atoms with van der Waals surface area (Å²) in [5, 5.41) is 8.89. The zero-order chi connectivity index (χ0) is 14.0. The van der Waals surface area contributed by atoms with Gasteiger partial charge in [0.1, 0.15) is 0 Å². The summed E-state index contributed by atoms with van der Waals surface area (Å²) >= 11 is 0. The van der Waals surface area contributed by atoms with Crippen LogP contribution in [0.25, 0.3) is 0 Å². The molecule has 104 valence electrons. The second-order valence-corrected chi connectivity index (χ2v) is 6.31. The third-order valence-corrected chi connectivity index (χ3v) is 4.37. The van der Waals surface area contributed by atoms with Crippen molar-refractivity contribution in [1.82, 2.24) is 4.90 Å². The highest BCUT2D eigenvalue weighted by molar-refractivity contribution is 5.87. The minimum atomic E-state index is -0.864. The maximum Gasteiger partial charge on any atom is 0.335 e. The van der Waals surface area contributed by atoms with Crippen LogP contribution in [0, 0.1) is 5.41 Å². The Bertz CT molecular complexity index is 450. The fourth-order valence-corrected chi connectivity index (χ4v) is 3.28. The Morgan fingerprint density at radius 1 is 1.37 bits per heavy atom. The molecule has 1 atom stereocenters. The Morgan fingerprint density at radius 2 is 2.00 bits per heavy atom. The Morgan fingerprint density at radius 3 is 2.47 bits per heavy atom. The molecule has 1 N–H and O–H groups in total. The number of rotatable bonds is 4. The van der Waals surface area contributed by atoms with Gasteiger partial charge in [0, 0.05) is 12.6 Å². The second kappa shape index (κ2) is 5.33. The molecule has 3 heteroatoms. The van der Waals surface area contributed by atoms with Crippen molar-refractivity contribution >= 4 is 5.97 Å². The molecule has 1 unspecified atom stereocenters. The first kappa shape index (κ1) is 14.1. The Balaban J connectivity index is 2.02. The van der Waals surface area contributed by atoms with Crippen LogP contribution in [-0.4, -0.2) is 29.1 Å². The molecule has 0 aromatic heterocycles. The average molecular weight is 261 g/mol. The maximum atomic E-state index is 10.8. The molecule has 0 amide bonds. The van der Waals surface area contributed by atoms with Crippen LogP contribution in [0.2, 0.25) is 0 Å². The van der Waals surface area contributed by atoms with Crippen LogP contribution in [0.1, 0.15) is 49.0 Å². The zero-order valence-corrected chi connectivity index (χ0v) is 12.0. The van der Waals surface area contributed by atoms with E-state index < -0.39 is 5.97 Å². The van der Waals surface area contributed by atoms with Crippen LogP contribution >= 0.6 is 0 Å². The van der Waals surface area contributed by atoms with Gasteiger partial charge in [-0.25, -0.2) is 4.79 Å². The van der Waals surface area contributed by atoms with E-state index in [9.17, 15) is 4.79 Å². The fourth-order valence-electron chi connectivity index (χ4n) is 3.28. The molecular weight excluding hydrogens is 238 g/mol. The molecule has 0 saturated heterocycles. The van der Waals surface area contributed by atoms with E-state index in [0.717, 1.165) is 6.54 Å². The Kier molecular flexibility index (Phi) is 3.95. The van der Waals surface area contributed by atoms with Crippen molar-refractivity contribution in [3.05, 3.63) is 35.4 Å². The molecule has 0 aliphatic heterocycles. The van der Waals surface area contributed by atoms with E-state index in [-0.39, 0.29) is 0 Å². The third kappa shape index (κ3) is 3.16. The summed E-state index contributed by atoms with van der Waals surface area (Å²) in [7, 11) is 2.17. The lowest BCUT2D eigenvalue weighted by molar-refractivity contribution is 0.0697. The van der Waals surface area contributed by atoms with Crippen molar-refractivity contribution in [2.45, 2.75) is 45.7 Å². The smallest absolute Gasteiger partial charge is 0.335 e. The number of benzene rings is 1. The molecule has 1 saturated carbocycles. The largest absolute Gasteiger partial charge is 0.478 e. The number of hydrogen-bond acceptors (Lipinski definition) is 2. The summed E-state index contributed by atoms with van der Waals surface area (Å²) in [5.41, 5.74) is 1.92. The first-order valence-corrected chi connectivity index (χ1v) is 6.92. The van der Waals surface area contributed by atoms with Gasteiger partial charge in [-0.05, 0) is 43.0 Å². The lowest BCUT2D eigenvalue weighted by Gasteiger charge is -2.35. The van der Waals surface area contributed by atoms with E-state index in [1.54, 1.807) is 12.1 Å². The molecule has 0 bridgehead atoms. The minimum absolute atomic E-state index is 0.354. The van der Waals surface area contributed by atoms with Crippen molar-refractivity contribution in [3.63, 3.8) is 0 Å². The highest BCUT2D eigenvalue weighted by Gasteiger charge is 2.36. The van der Waals surface area contributed by atoms with Crippen molar-refractivity contribution < 1.29 is 9.90 Å². The lowest BCUT2D eigenvalue weighted by atomic mass is 9.86. The van der Waals surface area contributed by atoms with E-state index >= 15 is 0 Å². The summed E-state index contributed by atoms with van der Waals surface area (Å²) < 4.78 is 0. The highest BCUT2D eigenvalue weighted by atomic mass is 16.4. The molecule has 0 radical (unpaired) electrons. The molecule has 1 aliphatic rings. The van der Waals surface area contributed by atoms with Gasteiger partial charge >= 0.3 is 5.97 Å². The number of carboxylic acid groups (broad SMARTS) is 1. The quantitative estimate of drug-likeness (QED) is 0.903. The molecule has 1 aromatic rings. The van der Waals surface area contributed by atoms with Gasteiger partial charge in [-0.3, -0.25) is 4.90 Å². The van der Waals surface area contributed by atoms with E-state index in [0.29, 0.717) is 17.0 Å². The van der Waals surface area contributed by atoms with Gasteiger partial charge in [-0.2, -0.15) is 0 Å². The number of carboxylic acids is 1. The van der Waals surface area contributed by atoms with Gasteiger partial charge in [-0.1, -0.05) is 32.4 Å². The highest BCUT2D eigenvalue weighted by Crippen LogP contribution is 2.40. The Labute approximate surface area is 115 Å². The summed E-state index contributed by atoms with van der Waals surface area (Å²) in [6.45, 7) is 5.57. The molecule has 0 spiro atoms. The molecule has 19 heavy (non-hydrogen) atoms. The molecule has 1 aromatic carbocycles. The SMILES string of the molecule is CN(Cc1ccc(C(=O)O)cc1)C1CCCC1(C)C. The molecule has 3 nitrogen and oxygen atoms in total. The van der Waals surface area contributed by atoms with Gasteiger partial charge in [-0.15, -0.1) is 0 Å². The van der Waals surface area contributed by atoms with Crippen molar-refractivity contribution in [2.75, 3.05) is 7.05 Å². The van der Waals surface area contributed by atoms with Gasteiger partial charge in [0.15, 0.2) is 0 Å². The first-order chi connectivity index (χ1) is 8.90. The zero-order valence-electron chi connectivity index (χ0n) is 12.0. The fraction of sp³-hybridized carbons (Fsp3) is 0.562. The normalized spacial score (nSPS) is 21.8. The molecule has 1 aliphatic carbocycles. The first-order valence-electron chi connectivity index (χ1n) is 6.92. The van der Waals surface area contributed by atoms with Gasteiger partial charge in [0.25, 0.3) is 0 Å². The van der Waals surface area contributed by atoms with E-state index in [4.69, 9.17) is 5.11 Å². The van der Waals surface area contributed by atoms with Crippen LogP contribution in [0.5, 0.6) is 0 Å². The van der Waals surface area contributed by atoms with Gasteiger partial charge in [0.05, 0.1) is 5.56 Å². The second-order valence-electron chi connectivity index (χ2n) is 6.31. The lowest BCUT2D eigenvalue weighted by Crippen LogP contribution is -2.38. The number of carbonyl (C=O) groups is 1. The summed E-state index contributed by atoms with van der Waals surface area (Å²) in [5.74, 6) is -0.864. The van der Waals surface area contributed by atoms with Crippen LogP contribution in [0.3, 0.4) is 0 Å². The van der Waals surface area contributed by atoms with Crippen LogP contribution in [-0.2, 0) is 6.54 Å². The van der Waals surface area contributed by atoms with E-state index in [1.165, 1.54) is 24.8 Å². The molecule has 0 heterocycles.